The van der Waals surface area contributed by atoms with E-state index in [2.05, 4.69) is 11.0 Å². The quantitative estimate of drug-likeness (QED) is 0.720. The van der Waals surface area contributed by atoms with Crippen LogP contribution in [-0.2, 0) is 10.2 Å². The number of piperidine rings is 1. The molecule has 1 aliphatic carbocycles. The number of Topliss-reactive ketones (excluding diaryl/α,β-unsaturated/α-hetero) is 1. The van der Waals surface area contributed by atoms with Gasteiger partial charge in [-0.3, -0.25) is 9.69 Å². The van der Waals surface area contributed by atoms with Gasteiger partial charge in [0.1, 0.15) is 0 Å². The molecule has 0 spiro atoms. The zero-order valence-electron chi connectivity index (χ0n) is 13.8. The maximum Gasteiger partial charge on any atom is 0.150 e. The maximum atomic E-state index is 12.9. The lowest BCUT2D eigenvalue weighted by molar-refractivity contribution is -0.129. The first-order valence-corrected chi connectivity index (χ1v) is 9.56. The Morgan fingerprint density at radius 3 is 2.35 bits per heavy atom. The van der Waals surface area contributed by atoms with Gasteiger partial charge in [-0.05, 0) is 56.5 Å². The molecule has 126 valence electrons. The van der Waals surface area contributed by atoms with Crippen LogP contribution in [0.1, 0.15) is 57.4 Å². The number of halogens is 2. The average Bonchev–Trinajstić information content (AvgIpc) is 2.53. The fourth-order valence-electron chi connectivity index (χ4n) is 4.31. The number of hydrogen-bond acceptors (Lipinski definition) is 2. The number of carbonyl (C=O) groups is 1. The molecule has 1 aliphatic heterocycles. The summed E-state index contributed by atoms with van der Waals surface area (Å²) in [5.74, 6) is 0.373. The smallest absolute Gasteiger partial charge is 0.150 e. The molecule has 0 aromatic heterocycles. The average molecular weight is 354 g/mol. The van der Waals surface area contributed by atoms with Crippen molar-refractivity contribution < 1.29 is 4.79 Å². The predicted molar refractivity (Wildman–Crippen MR) is 96.5 cm³/mol. The Kier molecular flexibility index (Phi) is 5.35. The van der Waals surface area contributed by atoms with Crippen LogP contribution in [-0.4, -0.2) is 29.8 Å². The van der Waals surface area contributed by atoms with Crippen LogP contribution in [0, 0.1) is 0 Å². The third kappa shape index (κ3) is 3.18. The van der Waals surface area contributed by atoms with E-state index in [-0.39, 0.29) is 11.5 Å². The van der Waals surface area contributed by atoms with Crippen molar-refractivity contribution in [1.82, 2.24) is 4.90 Å². The Morgan fingerprint density at radius 2 is 1.83 bits per heavy atom. The Labute approximate surface area is 149 Å². The van der Waals surface area contributed by atoms with Crippen molar-refractivity contribution in [2.24, 2.45) is 0 Å². The van der Waals surface area contributed by atoms with Crippen LogP contribution >= 0.6 is 23.2 Å². The molecule has 2 aliphatic rings. The second-order valence-electron chi connectivity index (χ2n) is 6.96. The van der Waals surface area contributed by atoms with Crippen LogP contribution in [0.5, 0.6) is 0 Å². The molecule has 1 heterocycles. The zero-order chi connectivity index (χ0) is 16.4. The normalized spacial score (nSPS) is 22.4. The third-order valence-corrected chi connectivity index (χ3v) is 6.41. The van der Waals surface area contributed by atoms with E-state index >= 15 is 0 Å². The molecule has 1 aromatic carbocycles. The first-order valence-electron chi connectivity index (χ1n) is 8.81. The fourth-order valence-corrected chi connectivity index (χ4v) is 4.61. The second kappa shape index (κ2) is 7.13. The van der Waals surface area contributed by atoms with Crippen LogP contribution < -0.4 is 0 Å². The highest BCUT2D eigenvalue weighted by Gasteiger charge is 2.50. The highest BCUT2D eigenvalue weighted by atomic mass is 35.5. The lowest BCUT2D eigenvalue weighted by atomic mass is 9.58. The lowest BCUT2D eigenvalue weighted by Crippen LogP contribution is -2.59. The first kappa shape index (κ1) is 17.3. The minimum absolute atomic E-state index is 0.00112. The summed E-state index contributed by atoms with van der Waals surface area (Å²) in [6.07, 6.45) is 7.60. The number of carbonyl (C=O) groups excluding carboxylic acids is 1. The highest BCUT2D eigenvalue weighted by molar-refractivity contribution is 6.42. The van der Waals surface area contributed by atoms with Gasteiger partial charge in [0.05, 0.1) is 16.1 Å². The van der Waals surface area contributed by atoms with Crippen molar-refractivity contribution in [3.8, 4) is 0 Å². The molecule has 2 nitrogen and oxygen atoms in total. The second-order valence-corrected chi connectivity index (χ2v) is 7.77. The van der Waals surface area contributed by atoms with Gasteiger partial charge < -0.3 is 0 Å². The van der Waals surface area contributed by atoms with E-state index in [0.717, 1.165) is 25.9 Å². The Morgan fingerprint density at radius 1 is 1.13 bits per heavy atom. The van der Waals surface area contributed by atoms with Crippen molar-refractivity contribution in [1.29, 1.82) is 0 Å². The summed E-state index contributed by atoms with van der Waals surface area (Å²) in [7, 11) is 0. The molecule has 1 aromatic rings. The summed E-state index contributed by atoms with van der Waals surface area (Å²) >= 11 is 12.4. The number of likely N-dealkylation sites (tertiary alicyclic amines) is 1. The largest absolute Gasteiger partial charge is 0.298 e. The van der Waals surface area contributed by atoms with Gasteiger partial charge >= 0.3 is 0 Å². The summed E-state index contributed by atoms with van der Waals surface area (Å²) in [5.41, 5.74) is 1.12. The molecule has 0 bridgehead atoms. The Hall–Kier alpha value is -0.570. The molecule has 1 saturated carbocycles. The van der Waals surface area contributed by atoms with E-state index in [0.29, 0.717) is 22.2 Å². The summed E-state index contributed by atoms with van der Waals surface area (Å²) in [6.45, 7) is 4.07. The summed E-state index contributed by atoms with van der Waals surface area (Å²) in [6, 6.07) is 5.94. The van der Waals surface area contributed by atoms with Crippen molar-refractivity contribution in [3.63, 3.8) is 0 Å². The monoisotopic (exact) mass is 353 g/mol. The van der Waals surface area contributed by atoms with Gasteiger partial charge in [0, 0.05) is 11.8 Å². The standard InChI is InChI=1S/C19H25Cl2NO/c1-2-17(23)18(22-11-4-3-5-12-22)19(9-6-10-19)14-7-8-15(20)16(21)13-14/h7-8,13,18H,2-6,9-12H2,1H3. The van der Waals surface area contributed by atoms with Crippen molar-refractivity contribution in [2.45, 2.75) is 63.3 Å². The van der Waals surface area contributed by atoms with Crippen molar-refractivity contribution >= 4 is 29.0 Å². The zero-order valence-corrected chi connectivity index (χ0v) is 15.3. The Balaban J connectivity index is 1.99. The molecule has 1 atom stereocenters. The van der Waals surface area contributed by atoms with E-state index in [1.54, 1.807) is 0 Å². The number of nitrogens with zero attached hydrogens (tertiary/aromatic N) is 1. The van der Waals surface area contributed by atoms with Gasteiger partial charge in [0.25, 0.3) is 0 Å². The van der Waals surface area contributed by atoms with E-state index in [1.807, 2.05) is 19.1 Å². The predicted octanol–water partition coefficient (Wildman–Crippen LogP) is 5.25. The number of rotatable bonds is 5. The van der Waals surface area contributed by atoms with Crippen molar-refractivity contribution in [2.75, 3.05) is 13.1 Å². The molecule has 23 heavy (non-hydrogen) atoms. The molecular weight excluding hydrogens is 329 g/mol. The highest BCUT2D eigenvalue weighted by Crippen LogP contribution is 2.50. The first-order chi connectivity index (χ1) is 11.1. The van der Waals surface area contributed by atoms with Crippen LogP contribution in [0.4, 0.5) is 0 Å². The molecule has 0 N–H and O–H groups in total. The maximum absolute atomic E-state index is 12.9. The SMILES string of the molecule is CCC(=O)C(N1CCCCC1)C1(c2ccc(Cl)c(Cl)c2)CCC1. The third-order valence-electron chi connectivity index (χ3n) is 5.67. The summed E-state index contributed by atoms with van der Waals surface area (Å²) < 4.78 is 0. The fraction of sp³-hybridized carbons (Fsp3) is 0.632. The Bertz CT molecular complexity index is 577. The van der Waals surface area contributed by atoms with Gasteiger partial charge in [-0.2, -0.15) is 0 Å². The molecule has 4 heteroatoms. The van der Waals surface area contributed by atoms with Gasteiger partial charge in [0.2, 0.25) is 0 Å². The lowest BCUT2D eigenvalue weighted by Gasteiger charge is -2.52. The van der Waals surface area contributed by atoms with Crippen LogP contribution in [0.15, 0.2) is 18.2 Å². The molecule has 0 amide bonds. The van der Waals surface area contributed by atoms with E-state index in [9.17, 15) is 4.79 Å². The van der Waals surface area contributed by atoms with Crippen LogP contribution in [0.25, 0.3) is 0 Å². The summed E-state index contributed by atoms with van der Waals surface area (Å²) in [5, 5.41) is 1.18. The summed E-state index contributed by atoms with van der Waals surface area (Å²) in [4.78, 5) is 15.3. The molecular formula is C19H25Cl2NO. The topological polar surface area (TPSA) is 20.3 Å². The van der Waals surface area contributed by atoms with Gasteiger partial charge in [-0.1, -0.05) is 49.0 Å². The van der Waals surface area contributed by atoms with E-state index in [4.69, 9.17) is 23.2 Å². The molecule has 1 unspecified atom stereocenters. The van der Waals surface area contributed by atoms with Gasteiger partial charge in [0.15, 0.2) is 5.78 Å². The minimum Gasteiger partial charge on any atom is -0.298 e. The van der Waals surface area contributed by atoms with Crippen LogP contribution in [0.2, 0.25) is 10.0 Å². The van der Waals surface area contributed by atoms with Crippen molar-refractivity contribution in [3.05, 3.63) is 33.8 Å². The number of ketones is 1. The minimum atomic E-state index is -0.0708. The van der Waals surface area contributed by atoms with Crippen LogP contribution in [0.3, 0.4) is 0 Å². The van der Waals surface area contributed by atoms with E-state index < -0.39 is 0 Å². The number of hydrogen-bond donors (Lipinski definition) is 0. The number of benzene rings is 1. The van der Waals surface area contributed by atoms with E-state index in [1.165, 1.54) is 31.2 Å². The molecule has 1 saturated heterocycles. The molecule has 3 rings (SSSR count). The molecule has 0 radical (unpaired) electrons. The van der Waals surface area contributed by atoms with Gasteiger partial charge in [-0.25, -0.2) is 0 Å². The molecule has 2 fully saturated rings. The van der Waals surface area contributed by atoms with Gasteiger partial charge in [-0.15, -0.1) is 0 Å².